The largest absolute Gasteiger partial charge is 0.490 e. The van der Waals surface area contributed by atoms with E-state index in [1.807, 2.05) is 26.8 Å². The monoisotopic (exact) mass is 424 g/mol. The number of urea groups is 1. The van der Waals surface area contributed by atoms with Crippen LogP contribution >= 0.6 is 0 Å². The number of carbonyl (C=O) groups excluding carboxylic acids is 2. The molecule has 2 N–H and O–H groups in total. The first-order valence-corrected chi connectivity index (χ1v) is 10.2. The minimum absolute atomic E-state index is 0.341. The maximum Gasteiger partial charge on any atom is 0.337 e. The standard InChI is InChI=1S/C24H28N2O5/c1-6-30-20-12-17(22-21(23(27)29-5)16(4)25-24(28)26-22)9-10-19(20)31-13-18-11-14(2)7-8-15(18)3/h7-12,22H,6,13H2,1-5H3,(H2,25,26,28). The summed E-state index contributed by atoms with van der Waals surface area (Å²) in [5, 5.41) is 5.40. The molecule has 0 aromatic heterocycles. The van der Waals surface area contributed by atoms with Crippen LogP contribution in [0.2, 0.25) is 0 Å². The van der Waals surface area contributed by atoms with Gasteiger partial charge in [-0.25, -0.2) is 9.59 Å². The number of amides is 2. The van der Waals surface area contributed by atoms with Gasteiger partial charge in [-0.3, -0.25) is 0 Å². The molecule has 0 radical (unpaired) electrons. The highest BCUT2D eigenvalue weighted by Gasteiger charge is 2.32. The highest BCUT2D eigenvalue weighted by molar-refractivity contribution is 5.95. The number of esters is 1. The Morgan fingerprint density at radius 2 is 1.81 bits per heavy atom. The molecule has 31 heavy (non-hydrogen) atoms. The number of methoxy groups -OCH3 is 1. The molecule has 7 nitrogen and oxygen atoms in total. The summed E-state index contributed by atoms with van der Waals surface area (Å²) in [5.41, 5.74) is 4.91. The lowest BCUT2D eigenvalue weighted by Crippen LogP contribution is -2.45. The smallest absolute Gasteiger partial charge is 0.337 e. The Bertz CT molecular complexity index is 1030. The lowest BCUT2D eigenvalue weighted by molar-refractivity contribution is -0.136. The van der Waals surface area contributed by atoms with Gasteiger partial charge in [-0.2, -0.15) is 0 Å². The van der Waals surface area contributed by atoms with Gasteiger partial charge in [0.1, 0.15) is 6.61 Å². The predicted molar refractivity (Wildman–Crippen MR) is 117 cm³/mol. The number of benzene rings is 2. The van der Waals surface area contributed by atoms with Gasteiger partial charge in [0.15, 0.2) is 11.5 Å². The van der Waals surface area contributed by atoms with E-state index in [1.165, 1.54) is 12.7 Å². The molecule has 0 saturated carbocycles. The number of ether oxygens (including phenoxy) is 3. The molecular formula is C24H28N2O5. The van der Waals surface area contributed by atoms with Gasteiger partial charge >= 0.3 is 12.0 Å². The van der Waals surface area contributed by atoms with Gasteiger partial charge in [0.2, 0.25) is 0 Å². The summed E-state index contributed by atoms with van der Waals surface area (Å²) in [6.45, 7) is 8.50. The van der Waals surface area contributed by atoms with E-state index < -0.39 is 12.0 Å². The molecule has 2 aromatic carbocycles. The Labute approximate surface area is 182 Å². The summed E-state index contributed by atoms with van der Waals surface area (Å²) in [5.74, 6) is 0.621. The molecule has 0 bridgehead atoms. The number of nitrogens with one attached hydrogen (secondary N) is 2. The number of rotatable bonds is 7. The van der Waals surface area contributed by atoms with Crippen molar-refractivity contribution in [3.63, 3.8) is 0 Å². The molecule has 0 spiro atoms. The summed E-state index contributed by atoms with van der Waals surface area (Å²) in [4.78, 5) is 24.4. The highest BCUT2D eigenvalue weighted by atomic mass is 16.5. The molecule has 0 aliphatic carbocycles. The second-order valence-corrected chi connectivity index (χ2v) is 7.42. The summed E-state index contributed by atoms with van der Waals surface area (Å²) in [6.07, 6.45) is 0. The van der Waals surface area contributed by atoms with Crippen LogP contribution in [0.4, 0.5) is 4.79 Å². The fourth-order valence-electron chi connectivity index (χ4n) is 3.53. The van der Waals surface area contributed by atoms with Crippen molar-refractivity contribution in [3.8, 4) is 11.5 Å². The normalized spacial score (nSPS) is 15.8. The van der Waals surface area contributed by atoms with Crippen molar-refractivity contribution in [2.24, 2.45) is 0 Å². The Morgan fingerprint density at radius 3 is 2.52 bits per heavy atom. The van der Waals surface area contributed by atoms with Crippen molar-refractivity contribution in [2.45, 2.75) is 40.3 Å². The van der Waals surface area contributed by atoms with Crippen molar-refractivity contribution in [1.82, 2.24) is 10.6 Å². The Hall–Kier alpha value is -3.48. The van der Waals surface area contributed by atoms with Crippen LogP contribution in [0.1, 0.15) is 42.1 Å². The molecule has 7 heteroatoms. The fraction of sp³-hybridized carbons (Fsp3) is 0.333. The zero-order chi connectivity index (χ0) is 22.5. The molecule has 1 atom stereocenters. The van der Waals surface area contributed by atoms with E-state index in [2.05, 4.69) is 28.8 Å². The van der Waals surface area contributed by atoms with Gasteiger partial charge < -0.3 is 24.8 Å². The Balaban J connectivity index is 1.92. The van der Waals surface area contributed by atoms with E-state index in [4.69, 9.17) is 14.2 Å². The minimum Gasteiger partial charge on any atom is -0.490 e. The van der Waals surface area contributed by atoms with Gasteiger partial charge in [0.25, 0.3) is 0 Å². The first kappa shape index (κ1) is 22.2. The third kappa shape index (κ3) is 4.99. The first-order valence-electron chi connectivity index (χ1n) is 10.2. The summed E-state index contributed by atoms with van der Waals surface area (Å²) in [7, 11) is 1.31. The highest BCUT2D eigenvalue weighted by Crippen LogP contribution is 2.35. The maximum absolute atomic E-state index is 12.3. The van der Waals surface area contributed by atoms with Gasteiger partial charge in [-0.05, 0) is 56.5 Å². The van der Waals surface area contributed by atoms with Gasteiger partial charge in [0, 0.05) is 5.70 Å². The van der Waals surface area contributed by atoms with Crippen LogP contribution in [-0.2, 0) is 16.1 Å². The van der Waals surface area contributed by atoms with Crippen LogP contribution in [0.15, 0.2) is 47.7 Å². The molecule has 2 amide bonds. The number of aryl methyl sites for hydroxylation is 2. The lowest BCUT2D eigenvalue weighted by Gasteiger charge is -2.28. The quantitative estimate of drug-likeness (QED) is 0.654. The van der Waals surface area contributed by atoms with Crippen molar-refractivity contribution < 1.29 is 23.8 Å². The second kappa shape index (κ2) is 9.55. The van der Waals surface area contributed by atoms with Crippen LogP contribution in [0, 0.1) is 13.8 Å². The van der Waals surface area contributed by atoms with Crippen LogP contribution in [0.25, 0.3) is 0 Å². The zero-order valence-electron chi connectivity index (χ0n) is 18.5. The van der Waals surface area contributed by atoms with Crippen LogP contribution in [0.5, 0.6) is 11.5 Å². The third-order valence-corrected chi connectivity index (χ3v) is 5.16. The first-order chi connectivity index (χ1) is 14.8. The third-order valence-electron chi connectivity index (χ3n) is 5.16. The van der Waals surface area contributed by atoms with Crippen molar-refractivity contribution in [2.75, 3.05) is 13.7 Å². The van der Waals surface area contributed by atoms with Gasteiger partial charge in [-0.1, -0.05) is 29.8 Å². The van der Waals surface area contributed by atoms with E-state index in [0.29, 0.717) is 41.5 Å². The van der Waals surface area contributed by atoms with Gasteiger partial charge in [-0.15, -0.1) is 0 Å². The number of hydrogen-bond donors (Lipinski definition) is 2. The SMILES string of the molecule is CCOc1cc(C2NC(=O)NC(C)=C2C(=O)OC)ccc1OCc1cc(C)ccc1C. The lowest BCUT2D eigenvalue weighted by atomic mass is 9.95. The number of allylic oxidation sites excluding steroid dienone is 1. The van der Waals surface area contributed by atoms with E-state index in [9.17, 15) is 9.59 Å². The fourth-order valence-corrected chi connectivity index (χ4v) is 3.53. The summed E-state index contributed by atoms with van der Waals surface area (Å²) >= 11 is 0. The van der Waals surface area contributed by atoms with E-state index in [0.717, 1.165) is 11.1 Å². The minimum atomic E-state index is -0.659. The maximum atomic E-state index is 12.3. The van der Waals surface area contributed by atoms with E-state index >= 15 is 0 Å². The number of carbonyl (C=O) groups is 2. The zero-order valence-corrected chi connectivity index (χ0v) is 18.5. The van der Waals surface area contributed by atoms with Crippen LogP contribution < -0.4 is 20.1 Å². The van der Waals surface area contributed by atoms with E-state index in [1.54, 1.807) is 19.1 Å². The molecular weight excluding hydrogens is 396 g/mol. The van der Waals surface area contributed by atoms with Crippen molar-refractivity contribution in [3.05, 3.63) is 69.9 Å². The summed E-state index contributed by atoms with van der Waals surface area (Å²) in [6, 6.07) is 10.6. The molecule has 164 valence electrons. The van der Waals surface area contributed by atoms with Crippen molar-refractivity contribution >= 4 is 12.0 Å². The summed E-state index contributed by atoms with van der Waals surface area (Å²) < 4.78 is 16.8. The second-order valence-electron chi connectivity index (χ2n) is 7.42. The molecule has 1 unspecified atom stereocenters. The Kier molecular flexibility index (Phi) is 6.84. The van der Waals surface area contributed by atoms with Crippen LogP contribution in [0.3, 0.4) is 0 Å². The predicted octanol–water partition coefficient (Wildman–Crippen LogP) is 4.08. The average Bonchev–Trinajstić information content (AvgIpc) is 2.74. The van der Waals surface area contributed by atoms with E-state index in [-0.39, 0.29) is 6.03 Å². The topological polar surface area (TPSA) is 85.9 Å². The molecule has 1 aliphatic heterocycles. The van der Waals surface area contributed by atoms with Gasteiger partial charge in [0.05, 0.1) is 25.3 Å². The molecule has 1 aliphatic rings. The molecule has 3 rings (SSSR count). The van der Waals surface area contributed by atoms with Crippen LogP contribution in [-0.4, -0.2) is 25.7 Å². The molecule has 0 saturated heterocycles. The molecule has 1 heterocycles. The van der Waals surface area contributed by atoms with Crippen molar-refractivity contribution in [1.29, 1.82) is 0 Å². The molecule has 2 aromatic rings. The Morgan fingerprint density at radius 1 is 1.03 bits per heavy atom. The average molecular weight is 424 g/mol. The number of hydrogen-bond acceptors (Lipinski definition) is 5. The molecule has 0 fully saturated rings.